The average molecular weight is 340 g/mol. The van der Waals surface area contributed by atoms with E-state index in [1.807, 2.05) is 18.2 Å². The number of amides is 1. The van der Waals surface area contributed by atoms with Crippen LogP contribution in [0.4, 0.5) is 0 Å². The van der Waals surface area contributed by atoms with Gasteiger partial charge in [-0.2, -0.15) is 0 Å². The lowest BCUT2D eigenvalue weighted by Crippen LogP contribution is -2.53. The standard InChI is InChI=1S/C20H24N2O3/c23-15-17-10-11-22(13-16-5-2-1-3-6-16)14-19(17)21-20(24)9-8-18-7-4-12-25-18/h1-9,12,17,19,23H,10-11,13-15H2,(H,21,24)/b9-8+. The number of hydrogen-bond donors (Lipinski definition) is 2. The maximum atomic E-state index is 12.2. The number of rotatable bonds is 6. The molecule has 0 spiro atoms. The minimum Gasteiger partial charge on any atom is -0.465 e. The Bertz CT molecular complexity index is 682. The number of aliphatic hydroxyl groups is 1. The summed E-state index contributed by atoms with van der Waals surface area (Å²) in [4.78, 5) is 14.5. The first-order valence-corrected chi connectivity index (χ1v) is 8.64. The highest BCUT2D eigenvalue weighted by Gasteiger charge is 2.29. The number of carbonyl (C=O) groups is 1. The molecule has 1 aromatic carbocycles. The molecule has 2 aromatic rings. The van der Waals surface area contributed by atoms with Gasteiger partial charge >= 0.3 is 0 Å². The number of nitrogens with zero attached hydrogens (tertiary/aromatic N) is 1. The van der Waals surface area contributed by atoms with Crippen molar-refractivity contribution in [2.24, 2.45) is 5.92 Å². The van der Waals surface area contributed by atoms with Crippen molar-refractivity contribution in [3.63, 3.8) is 0 Å². The predicted octanol–water partition coefficient (Wildman–Crippen LogP) is 2.29. The lowest BCUT2D eigenvalue weighted by Gasteiger charge is -2.38. The molecule has 0 saturated carbocycles. The van der Waals surface area contributed by atoms with E-state index in [0.29, 0.717) is 5.76 Å². The van der Waals surface area contributed by atoms with Gasteiger partial charge in [0.25, 0.3) is 0 Å². The Morgan fingerprint density at radius 2 is 2.12 bits per heavy atom. The molecular formula is C20H24N2O3. The van der Waals surface area contributed by atoms with Crippen molar-refractivity contribution in [2.45, 2.75) is 19.0 Å². The smallest absolute Gasteiger partial charge is 0.244 e. The molecule has 132 valence electrons. The highest BCUT2D eigenvalue weighted by Crippen LogP contribution is 2.19. The predicted molar refractivity (Wildman–Crippen MR) is 96.6 cm³/mol. The first-order valence-electron chi connectivity index (χ1n) is 8.64. The van der Waals surface area contributed by atoms with Crippen molar-refractivity contribution in [2.75, 3.05) is 19.7 Å². The zero-order valence-electron chi connectivity index (χ0n) is 14.2. The number of nitrogens with one attached hydrogen (secondary N) is 1. The van der Waals surface area contributed by atoms with E-state index in [0.717, 1.165) is 26.1 Å². The van der Waals surface area contributed by atoms with Gasteiger partial charge in [-0.1, -0.05) is 30.3 Å². The minimum atomic E-state index is -0.165. The van der Waals surface area contributed by atoms with Gasteiger partial charge in [-0.05, 0) is 36.7 Å². The molecule has 2 N–H and O–H groups in total. The van der Waals surface area contributed by atoms with Gasteiger partial charge in [0.05, 0.1) is 6.26 Å². The van der Waals surface area contributed by atoms with Crippen molar-refractivity contribution in [3.05, 3.63) is 66.1 Å². The van der Waals surface area contributed by atoms with E-state index in [4.69, 9.17) is 4.42 Å². The van der Waals surface area contributed by atoms with Gasteiger partial charge in [0, 0.05) is 37.7 Å². The topological polar surface area (TPSA) is 65.7 Å². The van der Waals surface area contributed by atoms with Gasteiger partial charge < -0.3 is 14.8 Å². The van der Waals surface area contributed by atoms with Crippen molar-refractivity contribution in [3.8, 4) is 0 Å². The average Bonchev–Trinajstić information content (AvgIpc) is 3.15. The Kier molecular flexibility index (Phi) is 6.04. The SMILES string of the molecule is O=C(/C=C/c1ccco1)NC1CN(Cc2ccccc2)CCC1CO. The maximum Gasteiger partial charge on any atom is 0.244 e. The summed E-state index contributed by atoms with van der Waals surface area (Å²) in [5, 5.41) is 12.7. The normalized spacial score (nSPS) is 21.5. The summed E-state index contributed by atoms with van der Waals surface area (Å²) < 4.78 is 5.18. The van der Waals surface area contributed by atoms with Crippen LogP contribution >= 0.6 is 0 Å². The first kappa shape index (κ1) is 17.5. The number of furan rings is 1. The van der Waals surface area contributed by atoms with Gasteiger partial charge in [-0.25, -0.2) is 0 Å². The summed E-state index contributed by atoms with van der Waals surface area (Å²) in [5.74, 6) is 0.567. The molecule has 5 nitrogen and oxygen atoms in total. The van der Waals surface area contributed by atoms with Crippen molar-refractivity contribution in [1.82, 2.24) is 10.2 Å². The Balaban J connectivity index is 1.58. The molecule has 1 aliphatic heterocycles. The Morgan fingerprint density at radius 3 is 2.84 bits per heavy atom. The maximum absolute atomic E-state index is 12.2. The summed E-state index contributed by atoms with van der Waals surface area (Å²) >= 11 is 0. The van der Waals surface area contributed by atoms with Crippen LogP contribution in [0.15, 0.2) is 59.2 Å². The van der Waals surface area contributed by atoms with E-state index in [2.05, 4.69) is 22.3 Å². The van der Waals surface area contributed by atoms with Crippen LogP contribution in [-0.4, -0.2) is 41.7 Å². The van der Waals surface area contributed by atoms with Crippen LogP contribution in [0.2, 0.25) is 0 Å². The summed E-state index contributed by atoms with van der Waals surface area (Å²) in [6.07, 6.45) is 5.56. The van der Waals surface area contributed by atoms with Gasteiger partial charge in [-0.15, -0.1) is 0 Å². The molecule has 2 atom stereocenters. The van der Waals surface area contributed by atoms with Crippen molar-refractivity contribution < 1.29 is 14.3 Å². The molecule has 1 aliphatic rings. The first-order chi connectivity index (χ1) is 12.2. The lowest BCUT2D eigenvalue weighted by molar-refractivity contribution is -0.118. The van der Waals surface area contributed by atoms with Crippen LogP contribution in [0.1, 0.15) is 17.7 Å². The second kappa shape index (κ2) is 8.65. The second-order valence-electron chi connectivity index (χ2n) is 6.42. The van der Waals surface area contributed by atoms with Gasteiger partial charge in [0.15, 0.2) is 0 Å². The Hall–Kier alpha value is -2.37. The molecule has 1 fully saturated rings. The number of carbonyl (C=O) groups excluding carboxylic acids is 1. The monoisotopic (exact) mass is 340 g/mol. The van der Waals surface area contributed by atoms with E-state index in [1.165, 1.54) is 11.6 Å². The molecule has 0 bridgehead atoms. The van der Waals surface area contributed by atoms with E-state index in [1.54, 1.807) is 24.5 Å². The van der Waals surface area contributed by atoms with E-state index < -0.39 is 0 Å². The number of likely N-dealkylation sites (tertiary alicyclic amines) is 1. The molecule has 2 heterocycles. The third-order valence-corrected chi connectivity index (χ3v) is 4.59. The Labute approximate surface area is 148 Å². The van der Waals surface area contributed by atoms with Gasteiger partial charge in [0.2, 0.25) is 5.91 Å². The van der Waals surface area contributed by atoms with E-state index >= 15 is 0 Å². The molecule has 1 aromatic heterocycles. The minimum absolute atomic E-state index is 0.0591. The molecule has 0 aliphatic carbocycles. The summed E-state index contributed by atoms with van der Waals surface area (Å²) in [5.41, 5.74) is 1.26. The fourth-order valence-electron chi connectivity index (χ4n) is 3.21. The molecule has 0 radical (unpaired) electrons. The summed E-state index contributed by atoms with van der Waals surface area (Å²) in [6, 6.07) is 13.8. The fourth-order valence-corrected chi connectivity index (χ4v) is 3.21. The third kappa shape index (κ3) is 5.05. The Morgan fingerprint density at radius 1 is 1.28 bits per heavy atom. The fraction of sp³-hybridized carbons (Fsp3) is 0.350. The molecule has 1 amide bonds. The lowest BCUT2D eigenvalue weighted by atomic mass is 9.92. The zero-order chi connectivity index (χ0) is 17.5. The van der Waals surface area contributed by atoms with Crippen molar-refractivity contribution in [1.29, 1.82) is 0 Å². The number of aliphatic hydroxyl groups excluding tert-OH is 1. The zero-order valence-corrected chi connectivity index (χ0v) is 14.2. The number of benzene rings is 1. The summed E-state index contributed by atoms with van der Waals surface area (Å²) in [7, 11) is 0. The largest absolute Gasteiger partial charge is 0.465 e. The number of piperidine rings is 1. The van der Waals surface area contributed by atoms with Gasteiger partial charge in [-0.3, -0.25) is 9.69 Å². The molecular weight excluding hydrogens is 316 g/mol. The second-order valence-corrected chi connectivity index (χ2v) is 6.42. The van der Waals surface area contributed by atoms with Crippen LogP contribution in [0.25, 0.3) is 6.08 Å². The molecule has 1 saturated heterocycles. The van der Waals surface area contributed by atoms with E-state index in [9.17, 15) is 9.90 Å². The van der Waals surface area contributed by atoms with Crippen LogP contribution in [0, 0.1) is 5.92 Å². The highest BCUT2D eigenvalue weighted by molar-refractivity contribution is 5.91. The molecule has 3 rings (SSSR count). The van der Waals surface area contributed by atoms with Crippen LogP contribution in [0.3, 0.4) is 0 Å². The number of hydrogen-bond acceptors (Lipinski definition) is 4. The molecule has 25 heavy (non-hydrogen) atoms. The van der Waals surface area contributed by atoms with E-state index in [-0.39, 0.29) is 24.5 Å². The van der Waals surface area contributed by atoms with Gasteiger partial charge in [0.1, 0.15) is 5.76 Å². The molecule has 2 unspecified atom stereocenters. The third-order valence-electron chi connectivity index (χ3n) is 4.59. The summed E-state index contributed by atoms with van der Waals surface area (Å²) in [6.45, 7) is 2.61. The van der Waals surface area contributed by atoms with Crippen LogP contribution in [0.5, 0.6) is 0 Å². The van der Waals surface area contributed by atoms with Crippen LogP contribution < -0.4 is 5.32 Å². The molecule has 5 heteroatoms. The quantitative estimate of drug-likeness (QED) is 0.792. The highest BCUT2D eigenvalue weighted by atomic mass is 16.3. The van der Waals surface area contributed by atoms with Crippen molar-refractivity contribution >= 4 is 12.0 Å². The van der Waals surface area contributed by atoms with Crippen LogP contribution in [-0.2, 0) is 11.3 Å².